The molecule has 0 aliphatic heterocycles. The Morgan fingerprint density at radius 2 is 1.77 bits per heavy atom. The maximum absolute atomic E-state index is 13.2. The van der Waals surface area contributed by atoms with Gasteiger partial charge in [0.1, 0.15) is 6.54 Å². The first-order chi connectivity index (χ1) is 12.2. The molecule has 8 heteroatoms. The number of carbonyl (C=O) groups excluding carboxylic acids is 1. The van der Waals surface area contributed by atoms with Gasteiger partial charge in [-0.1, -0.05) is 40.9 Å². The number of esters is 1. The van der Waals surface area contributed by atoms with E-state index in [1.807, 2.05) is 13.0 Å². The fourth-order valence-electron chi connectivity index (χ4n) is 2.47. The molecule has 0 amide bonds. The first-order valence-electron chi connectivity index (χ1n) is 7.87. The van der Waals surface area contributed by atoms with Crippen LogP contribution in [0.1, 0.15) is 18.1 Å². The second kappa shape index (κ2) is 8.29. The zero-order valence-corrected chi connectivity index (χ0v) is 17.0. The van der Waals surface area contributed by atoms with Gasteiger partial charge in [0.2, 0.25) is 0 Å². The largest absolute Gasteiger partial charge is 0.465 e. The summed E-state index contributed by atoms with van der Waals surface area (Å²) in [6.45, 7) is 5.06. The summed E-state index contributed by atoms with van der Waals surface area (Å²) in [6, 6.07) is 9.31. The molecule has 0 radical (unpaired) electrons. The highest BCUT2D eigenvalue weighted by Gasteiger charge is 2.29. The highest BCUT2D eigenvalue weighted by atomic mass is 35.5. The highest BCUT2D eigenvalue weighted by molar-refractivity contribution is 7.92. The van der Waals surface area contributed by atoms with E-state index in [0.717, 1.165) is 15.4 Å². The van der Waals surface area contributed by atoms with E-state index in [2.05, 4.69) is 0 Å². The predicted molar refractivity (Wildman–Crippen MR) is 104 cm³/mol. The molecule has 0 aromatic heterocycles. The Hall–Kier alpha value is -1.76. The molecule has 0 saturated carbocycles. The molecule has 0 bridgehead atoms. The zero-order chi connectivity index (χ0) is 19.5. The number of aryl methyl sites for hydroxylation is 2. The fraction of sp³-hybridized carbons (Fsp3) is 0.278. The number of benzene rings is 2. The first-order valence-corrected chi connectivity index (χ1v) is 10.1. The molecule has 0 aliphatic rings. The van der Waals surface area contributed by atoms with Crippen LogP contribution in [0.2, 0.25) is 10.0 Å². The molecule has 2 aromatic rings. The standard InChI is InChI=1S/C18H19Cl2NO4S/c1-4-25-18(22)11-21(17-8-5-12(2)9-13(17)3)26(23,24)14-6-7-15(19)16(20)10-14/h5-10H,4,11H2,1-3H3. The number of sulfonamides is 1. The molecule has 2 aromatic carbocycles. The van der Waals surface area contributed by atoms with E-state index in [4.69, 9.17) is 27.9 Å². The van der Waals surface area contributed by atoms with E-state index in [0.29, 0.717) is 5.69 Å². The quantitative estimate of drug-likeness (QED) is 0.656. The Bertz CT molecular complexity index is 929. The third-order valence-corrected chi connectivity index (χ3v) is 6.17. The summed E-state index contributed by atoms with van der Waals surface area (Å²) in [7, 11) is -4.05. The van der Waals surface area contributed by atoms with Gasteiger partial charge in [-0.25, -0.2) is 8.42 Å². The third-order valence-electron chi connectivity index (χ3n) is 3.68. The second-order valence-electron chi connectivity index (χ2n) is 5.68. The molecule has 2 rings (SSSR count). The smallest absolute Gasteiger partial charge is 0.326 e. The number of hydrogen-bond donors (Lipinski definition) is 0. The number of anilines is 1. The molecule has 0 saturated heterocycles. The summed E-state index contributed by atoms with van der Waals surface area (Å²) in [4.78, 5) is 12.0. The predicted octanol–water partition coefficient (Wildman–Crippen LogP) is 4.37. The maximum Gasteiger partial charge on any atom is 0.326 e. The molecule has 0 fully saturated rings. The van der Waals surface area contributed by atoms with E-state index in [-0.39, 0.29) is 21.5 Å². The summed E-state index contributed by atoms with van der Waals surface area (Å²) in [6.07, 6.45) is 0. The van der Waals surface area contributed by atoms with Crippen molar-refractivity contribution in [3.63, 3.8) is 0 Å². The summed E-state index contributed by atoms with van der Waals surface area (Å²) >= 11 is 11.9. The lowest BCUT2D eigenvalue weighted by molar-refractivity contribution is -0.141. The first kappa shape index (κ1) is 20.6. The molecular weight excluding hydrogens is 397 g/mol. The van der Waals surface area contributed by atoms with E-state index in [1.54, 1.807) is 26.0 Å². The van der Waals surface area contributed by atoms with E-state index in [1.165, 1.54) is 18.2 Å². The summed E-state index contributed by atoms with van der Waals surface area (Å²) < 4.78 is 32.3. The summed E-state index contributed by atoms with van der Waals surface area (Å²) in [5.41, 5.74) is 2.10. The second-order valence-corrected chi connectivity index (χ2v) is 8.36. The molecule has 140 valence electrons. The van der Waals surface area contributed by atoms with Crippen molar-refractivity contribution in [1.29, 1.82) is 0 Å². The van der Waals surface area contributed by atoms with Gasteiger partial charge in [-0.2, -0.15) is 0 Å². The van der Waals surface area contributed by atoms with Gasteiger partial charge in [-0.05, 0) is 50.6 Å². The van der Waals surface area contributed by atoms with Crippen LogP contribution in [0.3, 0.4) is 0 Å². The molecule has 5 nitrogen and oxygen atoms in total. The van der Waals surface area contributed by atoms with Crippen molar-refractivity contribution in [2.24, 2.45) is 0 Å². The molecule has 0 spiro atoms. The topological polar surface area (TPSA) is 63.7 Å². The molecule has 26 heavy (non-hydrogen) atoms. The van der Waals surface area contributed by atoms with Crippen LogP contribution in [0.15, 0.2) is 41.3 Å². The highest BCUT2D eigenvalue weighted by Crippen LogP contribution is 2.30. The van der Waals surface area contributed by atoms with Crippen molar-refractivity contribution in [2.45, 2.75) is 25.7 Å². The number of rotatable bonds is 6. The minimum absolute atomic E-state index is 0.0591. The average Bonchev–Trinajstić information content (AvgIpc) is 2.56. The van der Waals surface area contributed by atoms with Crippen molar-refractivity contribution < 1.29 is 17.9 Å². The van der Waals surface area contributed by atoms with Crippen LogP contribution in [0.5, 0.6) is 0 Å². The third kappa shape index (κ3) is 4.50. The summed E-state index contributed by atoms with van der Waals surface area (Å²) in [5.74, 6) is -0.642. The Morgan fingerprint density at radius 1 is 1.08 bits per heavy atom. The van der Waals surface area contributed by atoms with Gasteiger partial charge < -0.3 is 4.74 Å². The molecule has 0 unspecified atom stereocenters. The Kier molecular flexibility index (Phi) is 6.55. The van der Waals surface area contributed by atoms with Gasteiger partial charge in [-0.15, -0.1) is 0 Å². The Morgan fingerprint density at radius 3 is 2.35 bits per heavy atom. The molecule has 0 N–H and O–H groups in total. The number of nitrogens with zero attached hydrogens (tertiary/aromatic N) is 1. The van der Waals surface area contributed by atoms with Crippen LogP contribution >= 0.6 is 23.2 Å². The Labute approximate surface area is 163 Å². The zero-order valence-electron chi connectivity index (χ0n) is 14.6. The van der Waals surface area contributed by atoms with E-state index >= 15 is 0 Å². The lowest BCUT2D eigenvalue weighted by atomic mass is 10.1. The molecule has 0 atom stereocenters. The van der Waals surface area contributed by atoms with Crippen molar-refractivity contribution >= 4 is 44.9 Å². The lowest BCUT2D eigenvalue weighted by Crippen LogP contribution is -2.37. The van der Waals surface area contributed by atoms with Crippen molar-refractivity contribution in [2.75, 3.05) is 17.5 Å². The Balaban J connectivity index is 2.57. The van der Waals surface area contributed by atoms with Crippen molar-refractivity contribution in [3.8, 4) is 0 Å². The normalized spacial score (nSPS) is 11.3. The minimum Gasteiger partial charge on any atom is -0.465 e. The monoisotopic (exact) mass is 415 g/mol. The van der Waals surface area contributed by atoms with Gasteiger partial charge in [0.25, 0.3) is 10.0 Å². The van der Waals surface area contributed by atoms with Crippen LogP contribution in [0.4, 0.5) is 5.69 Å². The summed E-state index contributed by atoms with van der Waals surface area (Å²) in [5, 5.41) is 0.360. The number of hydrogen-bond acceptors (Lipinski definition) is 4. The van der Waals surface area contributed by atoms with Crippen LogP contribution < -0.4 is 4.31 Å². The minimum atomic E-state index is -4.05. The number of halogens is 2. The molecule has 0 aliphatic carbocycles. The van der Waals surface area contributed by atoms with Crippen LogP contribution in [-0.4, -0.2) is 27.5 Å². The maximum atomic E-state index is 13.2. The van der Waals surface area contributed by atoms with Crippen molar-refractivity contribution in [3.05, 3.63) is 57.6 Å². The lowest BCUT2D eigenvalue weighted by Gasteiger charge is -2.25. The van der Waals surface area contributed by atoms with Gasteiger partial charge in [0.05, 0.1) is 27.2 Å². The SMILES string of the molecule is CCOC(=O)CN(c1ccc(C)cc1C)S(=O)(=O)c1ccc(Cl)c(Cl)c1. The number of carbonyl (C=O) groups is 1. The number of ether oxygens (including phenoxy) is 1. The van der Waals surface area contributed by atoms with Crippen LogP contribution in [-0.2, 0) is 19.6 Å². The van der Waals surface area contributed by atoms with Gasteiger partial charge in [0, 0.05) is 0 Å². The van der Waals surface area contributed by atoms with Crippen molar-refractivity contribution in [1.82, 2.24) is 0 Å². The fourth-order valence-corrected chi connectivity index (χ4v) is 4.34. The van der Waals surface area contributed by atoms with E-state index in [9.17, 15) is 13.2 Å². The molecular formula is C18H19Cl2NO4S. The average molecular weight is 416 g/mol. The van der Waals surface area contributed by atoms with Gasteiger partial charge in [0.15, 0.2) is 0 Å². The van der Waals surface area contributed by atoms with Crippen LogP contribution in [0, 0.1) is 13.8 Å². The van der Waals surface area contributed by atoms with E-state index < -0.39 is 22.5 Å². The van der Waals surface area contributed by atoms with Gasteiger partial charge in [-0.3, -0.25) is 9.10 Å². The van der Waals surface area contributed by atoms with Gasteiger partial charge >= 0.3 is 5.97 Å². The molecule has 0 heterocycles. The van der Waals surface area contributed by atoms with Crippen LogP contribution in [0.25, 0.3) is 0 Å².